The fourth-order valence-corrected chi connectivity index (χ4v) is 14.1. The molecular formula is C70H75F12N8O13S2+. The van der Waals surface area contributed by atoms with Crippen molar-refractivity contribution in [2.45, 2.75) is 119 Å². The molecule has 2 N–H and O–H groups in total. The molecule has 0 spiro atoms. The number of anilines is 1. The van der Waals surface area contributed by atoms with Gasteiger partial charge in [0.05, 0.1) is 46.1 Å². The average Bonchev–Trinajstić information content (AvgIpc) is 1.44. The van der Waals surface area contributed by atoms with Crippen molar-refractivity contribution in [2.75, 3.05) is 83.7 Å². The molecule has 6 aromatic rings. The molecule has 10 rings (SSSR count). The van der Waals surface area contributed by atoms with Gasteiger partial charge in [0, 0.05) is 146 Å². The van der Waals surface area contributed by atoms with Gasteiger partial charge < -0.3 is 58.4 Å². The van der Waals surface area contributed by atoms with Crippen molar-refractivity contribution in [1.82, 2.24) is 30.0 Å². The molecule has 105 heavy (non-hydrogen) atoms. The number of amides is 3. The number of hydrogen-bond acceptors (Lipinski definition) is 18. The van der Waals surface area contributed by atoms with Gasteiger partial charge in [0.25, 0.3) is 17.7 Å². The van der Waals surface area contributed by atoms with E-state index in [1.54, 1.807) is 12.1 Å². The summed E-state index contributed by atoms with van der Waals surface area (Å²) in [4.78, 5) is 87.0. The minimum absolute atomic E-state index is 0.0174. The summed E-state index contributed by atoms with van der Waals surface area (Å²) >= 11 is 0.672. The molecule has 21 nitrogen and oxygen atoms in total. The summed E-state index contributed by atoms with van der Waals surface area (Å²) in [7, 11) is 0. The largest absolute Gasteiger partial charge is 0.488 e. The lowest BCUT2D eigenvalue weighted by Gasteiger charge is -2.50. The fourth-order valence-electron chi connectivity index (χ4n) is 12.7. The van der Waals surface area contributed by atoms with Crippen molar-refractivity contribution < 1.29 is 120 Å². The Morgan fingerprint density at radius 1 is 0.619 bits per heavy atom. The molecule has 1 aromatic carbocycles. The number of carbonyl (C=O) groups excluding carboxylic acids is 5. The smallest absolute Gasteiger partial charge is 0.425 e. The van der Waals surface area contributed by atoms with Crippen molar-refractivity contribution in [2.24, 2.45) is 0 Å². The topological polar surface area (TPSA) is 233 Å². The molecule has 0 aliphatic carbocycles. The van der Waals surface area contributed by atoms with Crippen molar-refractivity contribution in [3.8, 4) is 23.1 Å². The number of carboxylic acids is 1. The molecule has 4 saturated heterocycles. The number of likely N-dealkylation sites (tertiary alicyclic amines) is 2. The van der Waals surface area contributed by atoms with E-state index < -0.39 is 110 Å². The van der Waals surface area contributed by atoms with Crippen LogP contribution in [0.4, 0.5) is 58.4 Å². The van der Waals surface area contributed by atoms with Gasteiger partial charge in [-0.1, -0.05) is 24.3 Å². The van der Waals surface area contributed by atoms with Crippen molar-refractivity contribution in [3.63, 3.8) is 0 Å². The molecule has 0 unspecified atom stereocenters. The van der Waals surface area contributed by atoms with Gasteiger partial charge in [0.2, 0.25) is 11.2 Å². The Morgan fingerprint density at radius 2 is 1.10 bits per heavy atom. The van der Waals surface area contributed by atoms with Crippen LogP contribution in [0.25, 0.3) is 0 Å². The number of thiophene rings is 2. The van der Waals surface area contributed by atoms with Gasteiger partial charge in [-0.25, -0.2) is 4.79 Å². The molecule has 4 aliphatic rings. The number of benzene rings is 1. The predicted molar refractivity (Wildman–Crippen MR) is 356 cm³/mol. The van der Waals surface area contributed by atoms with Gasteiger partial charge in [-0.15, -0.1) is 35.8 Å². The molecule has 0 radical (unpaired) electrons. The fraction of sp³-hybridized carbons (Fsp3) is 0.443. The molecule has 5 aromatic heterocycles. The lowest BCUT2D eigenvalue weighted by molar-refractivity contribution is -0.729. The second-order valence-corrected chi connectivity index (χ2v) is 26.1. The van der Waals surface area contributed by atoms with Gasteiger partial charge in [-0.05, 0) is 56.0 Å². The van der Waals surface area contributed by atoms with Crippen molar-refractivity contribution >= 4 is 64.0 Å². The Hall–Kier alpha value is -9.51. The van der Waals surface area contributed by atoms with E-state index >= 15 is 0 Å². The molecule has 35 heteroatoms. The van der Waals surface area contributed by atoms with Crippen LogP contribution in [0.1, 0.15) is 113 Å². The minimum atomic E-state index is -4.89. The van der Waals surface area contributed by atoms with Crippen LogP contribution in [0, 0.1) is 0 Å². The summed E-state index contributed by atoms with van der Waals surface area (Å²) in [5, 5.41) is 15.5. The van der Waals surface area contributed by atoms with Crippen LogP contribution in [0.2, 0.25) is 0 Å². The Labute approximate surface area is 602 Å². The van der Waals surface area contributed by atoms with Gasteiger partial charge in [0.15, 0.2) is 12.2 Å². The van der Waals surface area contributed by atoms with Crippen LogP contribution in [-0.2, 0) is 53.4 Å². The summed E-state index contributed by atoms with van der Waals surface area (Å²) in [6, 6.07) is 13.7. The molecule has 9 heterocycles. The zero-order valence-electron chi connectivity index (χ0n) is 56.7. The molecule has 4 fully saturated rings. The average molecular weight is 1530 g/mol. The van der Waals surface area contributed by atoms with E-state index in [1.807, 2.05) is 35.2 Å². The van der Waals surface area contributed by atoms with Gasteiger partial charge in [-0.3, -0.25) is 33.9 Å². The number of nitrogens with zero attached hydrogens (tertiary/aromatic N) is 7. The molecule has 0 saturated carbocycles. The van der Waals surface area contributed by atoms with E-state index in [1.165, 1.54) is 30.9 Å². The second-order valence-electron chi connectivity index (χ2n) is 24.3. The highest BCUT2D eigenvalue weighted by Gasteiger charge is 2.58. The number of piperidine rings is 3. The highest BCUT2D eigenvalue weighted by molar-refractivity contribution is 7.10. The Kier molecular flexibility index (Phi) is 27.5. The zero-order chi connectivity index (χ0) is 76.5. The first-order valence-corrected chi connectivity index (χ1v) is 34.7. The highest BCUT2D eigenvalue weighted by atomic mass is 32.1. The number of esters is 2. The summed E-state index contributed by atoms with van der Waals surface area (Å²) in [5.41, 5.74) is -7.45. The van der Waals surface area contributed by atoms with Crippen LogP contribution in [0.5, 0.6) is 23.1 Å². The number of hydrogen-bond donors (Lipinski definition) is 2. The Balaban J connectivity index is 0.000000224. The monoisotopic (exact) mass is 1530 g/mol. The number of carboxylic acid groups (broad SMARTS) is 1. The normalized spacial score (nSPS) is 19.5. The van der Waals surface area contributed by atoms with Crippen LogP contribution in [0.3, 0.4) is 0 Å². The second kappa shape index (κ2) is 35.5. The van der Waals surface area contributed by atoms with E-state index in [0.717, 1.165) is 88.9 Å². The highest BCUT2D eigenvalue weighted by Crippen LogP contribution is 2.45. The molecule has 0 bridgehead atoms. The number of carbonyl (C=O) groups is 6. The first kappa shape index (κ1) is 81.2. The number of aliphatic carboxylic acids is 1. The predicted octanol–water partition coefficient (Wildman–Crippen LogP) is 12.6. The Bertz CT molecular complexity index is 3990. The zero-order valence-corrected chi connectivity index (χ0v) is 58.3. The first-order chi connectivity index (χ1) is 49.7. The van der Waals surface area contributed by atoms with Crippen LogP contribution < -0.4 is 33.7 Å². The number of aromatic nitrogens is 3. The van der Waals surface area contributed by atoms with Crippen LogP contribution >= 0.6 is 22.7 Å². The van der Waals surface area contributed by atoms with Crippen LogP contribution in [-0.4, -0.2) is 167 Å². The van der Waals surface area contributed by atoms with E-state index in [0.29, 0.717) is 72.4 Å². The lowest BCUT2D eigenvalue weighted by Crippen LogP contribution is -2.69. The number of para-hydroxylation sites is 2. The van der Waals surface area contributed by atoms with Crippen molar-refractivity contribution in [3.05, 3.63) is 166 Å². The molecule has 4 atom stereocenters. The number of alkyl halides is 12. The third-order valence-electron chi connectivity index (χ3n) is 17.4. The summed E-state index contributed by atoms with van der Waals surface area (Å²) < 4.78 is 198. The van der Waals surface area contributed by atoms with E-state index in [2.05, 4.69) is 39.2 Å². The maximum Gasteiger partial charge on any atom is 0.425 e. The SMILES string of the molecule is C=CC[C@H]1N(C(=O)c2cnccc2C(F)(F)F)CCC[C@@]1(Oc1csc(C(F)(F)F)c1)C(=O)N1CCN(c2ccccc2OCCOC(C)=O)CC1.C=CC[C@H]1N(C(=O)c2cnccc2C(F)(F)F)CCC[C@@]1(Oc1csc(C(F)(F)F)c1)C(=O)O.CC(=O)OCCOc1cccc[n+]1C1CCNCC1. The Morgan fingerprint density at radius 3 is 1.57 bits per heavy atom. The number of pyridine rings is 3. The maximum absolute atomic E-state index is 14.8. The number of ether oxygens (including phenoxy) is 6. The number of piperazine rings is 1. The molecule has 4 aliphatic heterocycles. The summed E-state index contributed by atoms with van der Waals surface area (Å²) in [5.74, 6) is -4.36. The van der Waals surface area contributed by atoms with Gasteiger partial charge in [0.1, 0.15) is 53.4 Å². The number of rotatable bonds is 22. The lowest BCUT2D eigenvalue weighted by atomic mass is 9.80. The third kappa shape index (κ3) is 20.5. The standard InChI is InChI=1S/C35H36F6N4O6S.C21H18F6N2O4S.C14H21N2O3/c1-3-7-29-33(51-24-20-30(52-22-24)35(39,40)41,11-6-13-45(29)31(47)25-21-42-12-10-26(25)34(36,37)38)32(48)44-16-14-43(15-17-44)27-8-4-5-9-28(27)50-19-18-49-23(2)46;1-2-4-15-19(18(31)32,33-12-9-16(34-11-12)21(25,26)27)6-3-8-29(15)17(30)13-10-28-7-5-14(13)20(22,23)24;1-12(17)18-10-11-19-14-4-2-3-9-16(14)13-5-7-15-8-6-13/h3-5,8-10,12,20-22,29H,1,6-7,11,13-19H2,2H3;2,5,7,9-11,15H,1,3-4,6,8H2,(H,31,32);2-4,9,13,15H,5-8,10-11H2,1H3/q;;+1/t29-,33+;15-,19+;/m11./s1. The van der Waals surface area contributed by atoms with Crippen LogP contribution in [0.15, 0.2) is 134 Å². The first-order valence-electron chi connectivity index (χ1n) is 32.9. The quantitative estimate of drug-likeness (QED) is 0.0211. The summed E-state index contributed by atoms with van der Waals surface area (Å²) in [6.45, 7) is 13.6. The molecular weight excluding hydrogens is 1450 g/mol. The van der Waals surface area contributed by atoms with Crippen molar-refractivity contribution in [1.29, 1.82) is 0 Å². The maximum atomic E-state index is 14.8. The molecule has 568 valence electrons. The minimum Gasteiger partial charge on any atom is -0.488 e. The van der Waals surface area contributed by atoms with E-state index in [-0.39, 0.29) is 102 Å². The van der Waals surface area contributed by atoms with E-state index in [4.69, 9.17) is 28.4 Å². The third-order valence-corrected chi connectivity index (χ3v) is 19.3. The number of halogens is 12. The summed E-state index contributed by atoms with van der Waals surface area (Å²) in [6.07, 6.45) is -9.31. The van der Waals surface area contributed by atoms with Gasteiger partial charge in [-0.2, -0.15) is 57.3 Å². The number of nitrogens with one attached hydrogen (secondary N) is 1. The van der Waals surface area contributed by atoms with E-state index in [9.17, 15) is 86.6 Å². The molecule has 3 amide bonds. The van der Waals surface area contributed by atoms with Gasteiger partial charge >= 0.3 is 48.5 Å².